The molecule has 4 atom stereocenters. The first-order chi connectivity index (χ1) is 14.9. The monoisotopic (exact) mass is 422 g/mol. The Bertz CT molecular complexity index is 960. The van der Waals surface area contributed by atoms with E-state index in [2.05, 4.69) is 31.1 Å². The quantitative estimate of drug-likeness (QED) is 0.460. The number of aryl methyl sites for hydroxylation is 1. The molecule has 31 heavy (non-hydrogen) atoms. The fourth-order valence-corrected chi connectivity index (χ4v) is 4.61. The average molecular weight is 423 g/mol. The van der Waals surface area contributed by atoms with Gasteiger partial charge in [-0.1, -0.05) is 31.7 Å². The third kappa shape index (κ3) is 4.68. The van der Waals surface area contributed by atoms with Gasteiger partial charge in [0.05, 0.1) is 6.04 Å². The van der Waals surface area contributed by atoms with Crippen LogP contribution < -0.4 is 4.74 Å². The van der Waals surface area contributed by atoms with E-state index in [1.54, 1.807) is 0 Å². The third-order valence-electron chi connectivity index (χ3n) is 6.29. The number of allylic oxidation sites excluding steroid dienone is 1. The Morgan fingerprint density at radius 1 is 1.26 bits per heavy atom. The van der Waals surface area contributed by atoms with Crippen LogP contribution in [0, 0.1) is 6.92 Å². The number of rotatable bonds is 9. The summed E-state index contributed by atoms with van der Waals surface area (Å²) in [6.45, 7) is 13.5. The van der Waals surface area contributed by atoms with Crippen molar-refractivity contribution in [2.24, 2.45) is 4.99 Å². The molecule has 0 radical (unpaired) electrons. The van der Waals surface area contributed by atoms with Crippen molar-refractivity contribution in [1.29, 1.82) is 0 Å². The molecular weight excluding hydrogens is 388 g/mol. The molecule has 2 aromatic rings. The second kappa shape index (κ2) is 10.1. The molecule has 1 saturated carbocycles. The van der Waals surface area contributed by atoms with Gasteiger partial charge in [-0.15, -0.1) is 6.58 Å². The molecule has 0 unspecified atom stereocenters. The van der Waals surface area contributed by atoms with Gasteiger partial charge in [0, 0.05) is 35.8 Å². The van der Waals surface area contributed by atoms with Crippen LogP contribution in [0.2, 0.25) is 0 Å². The molecule has 166 valence electrons. The number of aromatic nitrogens is 1. The Hall–Kier alpha value is -2.63. The number of aliphatic hydroxyl groups is 2. The molecule has 2 N–H and O–H groups in total. The lowest BCUT2D eigenvalue weighted by Crippen LogP contribution is -2.34. The van der Waals surface area contributed by atoms with Gasteiger partial charge in [-0.2, -0.15) is 0 Å². The average Bonchev–Trinajstić information content (AvgIpc) is 3.27. The lowest BCUT2D eigenvalue weighted by Gasteiger charge is -2.21. The second-order valence-corrected chi connectivity index (χ2v) is 8.13. The fourth-order valence-electron chi connectivity index (χ4n) is 4.61. The largest absolute Gasteiger partial charge is 0.487 e. The molecule has 1 aromatic carbocycles. The number of benzene rings is 1. The summed E-state index contributed by atoms with van der Waals surface area (Å²) in [7, 11) is 0. The van der Waals surface area contributed by atoms with Crippen molar-refractivity contribution in [1.82, 2.24) is 4.57 Å². The van der Waals surface area contributed by atoms with Gasteiger partial charge in [-0.25, -0.2) is 0 Å². The summed E-state index contributed by atoms with van der Waals surface area (Å²) in [5.41, 5.74) is 5.28. The Labute approximate surface area is 185 Å². The topological polar surface area (TPSA) is 67.0 Å². The lowest BCUT2D eigenvalue weighted by atomic mass is 10.00. The molecule has 0 aliphatic heterocycles. The Kier molecular flexibility index (Phi) is 7.52. The van der Waals surface area contributed by atoms with Crippen LogP contribution in [-0.4, -0.2) is 38.8 Å². The van der Waals surface area contributed by atoms with E-state index in [0.29, 0.717) is 6.42 Å². The molecule has 1 aliphatic carbocycles. The molecule has 0 spiro atoms. The van der Waals surface area contributed by atoms with Crippen LogP contribution in [0.15, 0.2) is 60.9 Å². The summed E-state index contributed by atoms with van der Waals surface area (Å²) in [6.07, 6.45) is 6.24. The van der Waals surface area contributed by atoms with E-state index in [9.17, 15) is 10.2 Å². The molecule has 1 aliphatic rings. The highest BCUT2D eigenvalue weighted by Gasteiger charge is 2.44. The summed E-state index contributed by atoms with van der Waals surface area (Å²) in [5, 5.41) is 21.6. The van der Waals surface area contributed by atoms with Gasteiger partial charge in [0.2, 0.25) is 0 Å². The SMILES string of the molecule is C=CCCc1cccc(O[C@H]2C[C@@H](n3ccc(C(C)=NC=C)c3C)[C@H](O)[C@@H]2O)c1CC. The number of hydrogen-bond acceptors (Lipinski definition) is 4. The fraction of sp³-hybridized carbons (Fsp3) is 0.423. The Morgan fingerprint density at radius 3 is 2.71 bits per heavy atom. The maximum Gasteiger partial charge on any atom is 0.129 e. The van der Waals surface area contributed by atoms with E-state index in [-0.39, 0.29) is 6.04 Å². The van der Waals surface area contributed by atoms with Crippen molar-refractivity contribution >= 4 is 5.71 Å². The minimum atomic E-state index is -0.959. The summed E-state index contributed by atoms with van der Waals surface area (Å²) >= 11 is 0. The van der Waals surface area contributed by atoms with E-state index in [4.69, 9.17) is 4.74 Å². The summed E-state index contributed by atoms with van der Waals surface area (Å²) in [4.78, 5) is 4.27. The van der Waals surface area contributed by atoms with Crippen LogP contribution in [0.4, 0.5) is 0 Å². The smallest absolute Gasteiger partial charge is 0.129 e. The van der Waals surface area contributed by atoms with E-state index < -0.39 is 18.3 Å². The van der Waals surface area contributed by atoms with Gasteiger partial charge < -0.3 is 19.5 Å². The summed E-state index contributed by atoms with van der Waals surface area (Å²) in [5.74, 6) is 0.792. The zero-order valence-corrected chi connectivity index (χ0v) is 18.8. The molecule has 0 bridgehead atoms. The predicted molar refractivity (Wildman–Crippen MR) is 126 cm³/mol. The molecule has 5 nitrogen and oxygen atoms in total. The highest BCUT2D eigenvalue weighted by Crippen LogP contribution is 2.36. The third-order valence-corrected chi connectivity index (χ3v) is 6.29. The minimum absolute atomic E-state index is 0.265. The van der Waals surface area contributed by atoms with Crippen molar-refractivity contribution in [2.45, 2.75) is 70.8 Å². The molecule has 1 fully saturated rings. The van der Waals surface area contributed by atoms with Gasteiger partial charge in [0.1, 0.15) is 24.1 Å². The molecule has 1 aromatic heterocycles. The maximum atomic E-state index is 10.8. The first-order valence-electron chi connectivity index (χ1n) is 11.0. The van der Waals surface area contributed by atoms with Gasteiger partial charge >= 0.3 is 0 Å². The summed E-state index contributed by atoms with van der Waals surface area (Å²) < 4.78 is 8.32. The van der Waals surface area contributed by atoms with Gasteiger partial charge in [-0.3, -0.25) is 4.99 Å². The highest BCUT2D eigenvalue weighted by molar-refractivity contribution is 6.00. The van der Waals surface area contributed by atoms with Crippen LogP contribution in [0.5, 0.6) is 5.75 Å². The standard InChI is InChI=1S/C26H34N2O3/c1-6-9-11-19-12-10-13-23(20(19)7-2)31-24-16-22(25(29)26(24)30)28-15-14-21(18(28)5)17(4)27-8-3/h6,8,10,12-15,22,24-26,29-30H,1,3,7,9,11,16H2,2,4-5H3/t22-,24+,25+,26-/m1/s1. The second-order valence-electron chi connectivity index (χ2n) is 8.13. The first kappa shape index (κ1) is 23.0. The van der Waals surface area contributed by atoms with E-state index >= 15 is 0 Å². The van der Waals surface area contributed by atoms with Crippen LogP contribution in [-0.2, 0) is 12.8 Å². The number of aliphatic hydroxyl groups excluding tert-OH is 2. The molecule has 0 saturated heterocycles. The lowest BCUT2D eigenvalue weighted by molar-refractivity contribution is -0.0169. The van der Waals surface area contributed by atoms with Gasteiger partial charge in [0.15, 0.2) is 0 Å². The number of nitrogens with zero attached hydrogens (tertiary/aromatic N) is 2. The predicted octanol–water partition coefficient (Wildman–Crippen LogP) is 4.54. The number of aliphatic imine (C=N–C) groups is 1. The molecule has 0 amide bonds. The molecule has 5 heteroatoms. The van der Waals surface area contributed by atoms with Gasteiger partial charge in [-0.05, 0) is 56.4 Å². The molecular formula is C26H34N2O3. The summed E-state index contributed by atoms with van der Waals surface area (Å²) in [6, 6.07) is 7.79. The molecule has 3 rings (SSSR count). The van der Waals surface area contributed by atoms with Gasteiger partial charge in [0.25, 0.3) is 0 Å². The normalized spacial score (nSPS) is 23.7. The van der Waals surface area contributed by atoms with Crippen molar-refractivity contribution in [3.63, 3.8) is 0 Å². The zero-order chi connectivity index (χ0) is 22.5. The Balaban J connectivity index is 1.83. The van der Waals surface area contributed by atoms with Crippen molar-refractivity contribution in [2.75, 3.05) is 0 Å². The molecule has 1 heterocycles. The van der Waals surface area contributed by atoms with Crippen LogP contribution in [0.1, 0.15) is 55.1 Å². The van der Waals surface area contributed by atoms with E-state index in [0.717, 1.165) is 47.5 Å². The van der Waals surface area contributed by atoms with Crippen LogP contribution in [0.3, 0.4) is 0 Å². The maximum absolute atomic E-state index is 10.8. The van der Waals surface area contributed by atoms with Crippen LogP contribution in [0.25, 0.3) is 0 Å². The van der Waals surface area contributed by atoms with Crippen molar-refractivity contribution < 1.29 is 14.9 Å². The number of hydrogen-bond donors (Lipinski definition) is 2. The Morgan fingerprint density at radius 2 is 2.03 bits per heavy atom. The van der Waals surface area contributed by atoms with E-state index in [1.165, 1.54) is 11.8 Å². The minimum Gasteiger partial charge on any atom is -0.487 e. The number of ether oxygens (including phenoxy) is 1. The first-order valence-corrected chi connectivity index (χ1v) is 11.0. The highest BCUT2D eigenvalue weighted by atomic mass is 16.5. The van der Waals surface area contributed by atoms with E-state index in [1.807, 2.05) is 48.9 Å². The van der Waals surface area contributed by atoms with Crippen molar-refractivity contribution in [3.05, 3.63) is 78.3 Å². The zero-order valence-electron chi connectivity index (χ0n) is 18.8. The van der Waals surface area contributed by atoms with Crippen molar-refractivity contribution in [3.8, 4) is 5.75 Å². The van der Waals surface area contributed by atoms with Crippen LogP contribution >= 0.6 is 0 Å².